The fraction of sp³-hybridized carbons (Fsp3) is 0.261. The van der Waals surface area contributed by atoms with Gasteiger partial charge in [-0.15, -0.1) is 0 Å². The average molecular weight is 437 g/mol. The summed E-state index contributed by atoms with van der Waals surface area (Å²) in [6, 6.07) is 17.1. The Balaban J connectivity index is 1.45. The number of amides is 2. The van der Waals surface area contributed by atoms with E-state index in [1.54, 1.807) is 6.20 Å². The number of carbonyl (C=O) groups excluding carboxylic acids is 2. The third kappa shape index (κ3) is 4.98. The van der Waals surface area contributed by atoms with Gasteiger partial charge in [-0.3, -0.25) is 14.2 Å². The summed E-state index contributed by atoms with van der Waals surface area (Å²) >= 11 is 1.48. The number of nitrogens with one attached hydrogen (secondary N) is 1. The minimum atomic E-state index is -0.242. The summed E-state index contributed by atoms with van der Waals surface area (Å²) in [6.45, 7) is 2.46. The highest BCUT2D eigenvalue weighted by Crippen LogP contribution is 2.22. The van der Waals surface area contributed by atoms with E-state index in [2.05, 4.69) is 10.3 Å². The van der Waals surface area contributed by atoms with Crippen LogP contribution < -0.4 is 5.32 Å². The van der Waals surface area contributed by atoms with E-state index in [-0.39, 0.29) is 11.8 Å². The highest BCUT2D eigenvalue weighted by atomic mass is 32.2. The molecule has 160 valence electrons. The molecular formula is C23H24N4O3S. The van der Waals surface area contributed by atoms with Gasteiger partial charge in [-0.25, -0.2) is 4.98 Å². The van der Waals surface area contributed by atoms with Crippen molar-refractivity contribution >= 4 is 29.3 Å². The number of rotatable bonds is 6. The van der Waals surface area contributed by atoms with Crippen molar-refractivity contribution < 1.29 is 14.3 Å². The molecule has 0 spiro atoms. The molecule has 7 nitrogen and oxygen atoms in total. The molecule has 31 heavy (non-hydrogen) atoms. The number of ether oxygens (including phenoxy) is 1. The summed E-state index contributed by atoms with van der Waals surface area (Å²) in [6.07, 6.45) is 3.86. The van der Waals surface area contributed by atoms with Crippen molar-refractivity contribution in [3.05, 3.63) is 72.1 Å². The molecule has 1 fully saturated rings. The zero-order valence-electron chi connectivity index (χ0n) is 17.3. The van der Waals surface area contributed by atoms with Crippen molar-refractivity contribution in [2.24, 2.45) is 0 Å². The lowest BCUT2D eigenvalue weighted by molar-refractivity contribution is -0.134. The standard InChI is InChI=1S/C23H24N4O3S/c1-31-23-24-16-20(27(23)19-5-3-2-4-6-19)22(29)25-18-9-7-17(8-10-18)15-21(28)26-11-13-30-14-12-26/h2-10,16H,11-15H2,1H3,(H,25,29). The number of imidazole rings is 1. The van der Waals surface area contributed by atoms with Crippen molar-refractivity contribution in [2.45, 2.75) is 11.6 Å². The Morgan fingerprint density at radius 1 is 1.06 bits per heavy atom. The zero-order valence-corrected chi connectivity index (χ0v) is 18.1. The van der Waals surface area contributed by atoms with Crippen LogP contribution in [0.25, 0.3) is 5.69 Å². The second kappa shape index (κ2) is 9.80. The van der Waals surface area contributed by atoms with Crippen LogP contribution >= 0.6 is 11.8 Å². The lowest BCUT2D eigenvalue weighted by atomic mass is 10.1. The summed E-state index contributed by atoms with van der Waals surface area (Å²) in [5.41, 5.74) is 2.92. The van der Waals surface area contributed by atoms with Gasteiger partial charge in [0.2, 0.25) is 5.91 Å². The number of para-hydroxylation sites is 1. The molecule has 2 heterocycles. The Hall–Kier alpha value is -3.10. The molecule has 8 heteroatoms. The first-order valence-electron chi connectivity index (χ1n) is 10.1. The smallest absolute Gasteiger partial charge is 0.274 e. The third-order valence-electron chi connectivity index (χ3n) is 5.09. The van der Waals surface area contributed by atoms with Gasteiger partial charge in [0.05, 0.1) is 25.8 Å². The van der Waals surface area contributed by atoms with Crippen LogP contribution in [0.4, 0.5) is 5.69 Å². The Bertz CT molecular complexity index is 1040. The largest absolute Gasteiger partial charge is 0.378 e. The second-order valence-electron chi connectivity index (χ2n) is 7.12. The third-order valence-corrected chi connectivity index (χ3v) is 5.74. The number of hydrogen-bond acceptors (Lipinski definition) is 5. The van der Waals surface area contributed by atoms with Crippen molar-refractivity contribution in [3.63, 3.8) is 0 Å². The maximum Gasteiger partial charge on any atom is 0.274 e. The van der Waals surface area contributed by atoms with Crippen LogP contribution in [0.1, 0.15) is 16.1 Å². The van der Waals surface area contributed by atoms with Gasteiger partial charge in [0, 0.05) is 24.5 Å². The van der Waals surface area contributed by atoms with Crippen LogP contribution in [0, 0.1) is 0 Å². The molecule has 1 aliphatic heterocycles. The van der Waals surface area contributed by atoms with Gasteiger partial charge in [0.25, 0.3) is 5.91 Å². The molecule has 0 unspecified atom stereocenters. The van der Waals surface area contributed by atoms with E-state index in [4.69, 9.17) is 4.74 Å². The molecule has 1 N–H and O–H groups in total. The number of hydrogen-bond donors (Lipinski definition) is 1. The van der Waals surface area contributed by atoms with Crippen molar-refractivity contribution in [1.82, 2.24) is 14.5 Å². The summed E-state index contributed by atoms with van der Waals surface area (Å²) in [4.78, 5) is 31.6. The Kier molecular flexibility index (Phi) is 6.69. The van der Waals surface area contributed by atoms with E-state index in [1.807, 2.05) is 70.3 Å². The van der Waals surface area contributed by atoms with Crippen LogP contribution in [-0.2, 0) is 16.0 Å². The molecule has 1 aliphatic rings. The Morgan fingerprint density at radius 2 is 1.77 bits per heavy atom. The zero-order chi connectivity index (χ0) is 21.6. The van der Waals surface area contributed by atoms with E-state index in [0.29, 0.717) is 44.1 Å². The molecule has 0 saturated carbocycles. The van der Waals surface area contributed by atoms with Crippen LogP contribution in [-0.4, -0.2) is 58.8 Å². The lowest BCUT2D eigenvalue weighted by Gasteiger charge is -2.26. The maximum absolute atomic E-state index is 13.0. The van der Waals surface area contributed by atoms with E-state index >= 15 is 0 Å². The topological polar surface area (TPSA) is 76.5 Å². The normalized spacial score (nSPS) is 13.8. The molecule has 0 bridgehead atoms. The van der Waals surface area contributed by atoms with Gasteiger partial charge in [0.15, 0.2) is 5.16 Å². The van der Waals surface area contributed by atoms with Crippen LogP contribution in [0.15, 0.2) is 66.0 Å². The monoisotopic (exact) mass is 436 g/mol. The Morgan fingerprint density at radius 3 is 2.45 bits per heavy atom. The molecule has 0 atom stereocenters. The Labute approximate surface area is 185 Å². The number of benzene rings is 2. The van der Waals surface area contributed by atoms with Crippen LogP contribution in [0.3, 0.4) is 0 Å². The summed E-state index contributed by atoms with van der Waals surface area (Å²) in [5.74, 6) is -0.148. The van der Waals surface area contributed by atoms with E-state index < -0.39 is 0 Å². The summed E-state index contributed by atoms with van der Waals surface area (Å²) in [5, 5.41) is 3.67. The SMILES string of the molecule is CSc1ncc(C(=O)Nc2ccc(CC(=O)N3CCOCC3)cc2)n1-c1ccccc1. The number of anilines is 1. The van der Waals surface area contributed by atoms with Gasteiger partial charge < -0.3 is 15.0 Å². The molecule has 0 radical (unpaired) electrons. The van der Waals surface area contributed by atoms with Gasteiger partial charge in [-0.1, -0.05) is 42.1 Å². The molecule has 2 aromatic carbocycles. The molecule has 0 aliphatic carbocycles. The molecule has 4 rings (SSSR count). The highest BCUT2D eigenvalue weighted by molar-refractivity contribution is 7.98. The fourth-order valence-corrected chi connectivity index (χ4v) is 4.01. The minimum Gasteiger partial charge on any atom is -0.378 e. The van der Waals surface area contributed by atoms with Gasteiger partial charge in [0.1, 0.15) is 5.69 Å². The number of nitrogens with zero attached hydrogens (tertiary/aromatic N) is 3. The quantitative estimate of drug-likeness (QED) is 0.601. The first-order valence-corrected chi connectivity index (χ1v) is 11.3. The molecule has 1 saturated heterocycles. The molecule has 1 aromatic heterocycles. The van der Waals surface area contributed by atoms with Crippen LogP contribution in [0.5, 0.6) is 0 Å². The lowest BCUT2D eigenvalue weighted by Crippen LogP contribution is -2.41. The second-order valence-corrected chi connectivity index (χ2v) is 7.90. The number of carbonyl (C=O) groups is 2. The summed E-state index contributed by atoms with van der Waals surface area (Å²) < 4.78 is 7.14. The van der Waals surface area contributed by atoms with Crippen molar-refractivity contribution in [3.8, 4) is 5.69 Å². The van der Waals surface area contributed by atoms with Crippen molar-refractivity contribution in [1.29, 1.82) is 0 Å². The number of aromatic nitrogens is 2. The predicted molar refractivity (Wildman–Crippen MR) is 121 cm³/mol. The number of morpholine rings is 1. The van der Waals surface area contributed by atoms with Crippen LogP contribution in [0.2, 0.25) is 0 Å². The minimum absolute atomic E-state index is 0.0939. The van der Waals surface area contributed by atoms with Crippen molar-refractivity contribution in [2.75, 3.05) is 37.9 Å². The fourth-order valence-electron chi connectivity index (χ4n) is 3.47. The number of thioether (sulfide) groups is 1. The summed E-state index contributed by atoms with van der Waals surface area (Å²) in [7, 11) is 0. The molecular weight excluding hydrogens is 412 g/mol. The van der Waals surface area contributed by atoms with Gasteiger partial charge >= 0.3 is 0 Å². The molecule has 2 amide bonds. The maximum atomic E-state index is 13.0. The van der Waals surface area contributed by atoms with Gasteiger partial charge in [-0.2, -0.15) is 0 Å². The molecule has 3 aromatic rings. The van der Waals surface area contributed by atoms with E-state index in [0.717, 1.165) is 16.4 Å². The first-order chi connectivity index (χ1) is 15.2. The average Bonchev–Trinajstić information content (AvgIpc) is 3.26. The first kappa shape index (κ1) is 21.1. The van der Waals surface area contributed by atoms with E-state index in [9.17, 15) is 9.59 Å². The van der Waals surface area contributed by atoms with Gasteiger partial charge in [-0.05, 0) is 36.1 Å². The predicted octanol–water partition coefficient (Wildman–Crippen LogP) is 3.25. The van der Waals surface area contributed by atoms with E-state index in [1.165, 1.54) is 11.8 Å². The highest BCUT2D eigenvalue weighted by Gasteiger charge is 2.19.